The van der Waals surface area contributed by atoms with Gasteiger partial charge in [-0.2, -0.15) is 0 Å². The summed E-state index contributed by atoms with van der Waals surface area (Å²) in [7, 11) is 0. The molecule has 0 aliphatic heterocycles. The van der Waals surface area contributed by atoms with E-state index in [4.69, 9.17) is 5.73 Å². The van der Waals surface area contributed by atoms with Gasteiger partial charge in [0, 0.05) is 31.5 Å². The number of nitrogens with zero attached hydrogens (tertiary/aromatic N) is 2. The van der Waals surface area contributed by atoms with E-state index >= 15 is 0 Å². The Morgan fingerprint density at radius 3 is 2.65 bits per heavy atom. The molecule has 17 heavy (non-hydrogen) atoms. The van der Waals surface area contributed by atoms with E-state index in [0.29, 0.717) is 6.54 Å². The van der Waals surface area contributed by atoms with Crippen LogP contribution in [0.4, 0.5) is 0 Å². The Balaban J connectivity index is 2.45. The third-order valence-corrected chi connectivity index (χ3v) is 2.83. The van der Waals surface area contributed by atoms with E-state index in [-0.39, 0.29) is 23.8 Å². The van der Waals surface area contributed by atoms with E-state index in [1.807, 2.05) is 31.5 Å². The second-order valence-electron chi connectivity index (χ2n) is 4.76. The Morgan fingerprint density at radius 1 is 1.47 bits per heavy atom. The van der Waals surface area contributed by atoms with Crippen LogP contribution in [0, 0.1) is 11.8 Å². The van der Waals surface area contributed by atoms with Gasteiger partial charge in [0.2, 0.25) is 5.91 Å². The minimum absolute atomic E-state index is 0.0371. The summed E-state index contributed by atoms with van der Waals surface area (Å²) >= 11 is 0. The van der Waals surface area contributed by atoms with Crippen molar-refractivity contribution in [3.63, 3.8) is 0 Å². The van der Waals surface area contributed by atoms with Crippen molar-refractivity contribution in [2.24, 2.45) is 17.6 Å². The molecule has 0 aliphatic rings. The highest BCUT2D eigenvalue weighted by Crippen LogP contribution is 2.09. The SMILES string of the molecule is CC(Cn1ccnc1)NC(=O)C(CN)C(C)C. The van der Waals surface area contributed by atoms with Crippen LogP contribution in [-0.2, 0) is 11.3 Å². The van der Waals surface area contributed by atoms with Gasteiger partial charge in [-0.15, -0.1) is 0 Å². The standard InChI is InChI=1S/C12H22N4O/c1-9(2)11(6-13)12(17)15-10(3)7-16-5-4-14-8-16/h4-5,8-11H,6-7,13H2,1-3H3,(H,15,17). The van der Waals surface area contributed by atoms with Crippen LogP contribution in [0.2, 0.25) is 0 Å². The van der Waals surface area contributed by atoms with Crippen molar-refractivity contribution >= 4 is 5.91 Å². The average Bonchev–Trinajstić information content (AvgIpc) is 2.70. The molecule has 5 nitrogen and oxygen atoms in total. The summed E-state index contributed by atoms with van der Waals surface area (Å²) < 4.78 is 1.94. The van der Waals surface area contributed by atoms with Crippen molar-refractivity contribution in [2.45, 2.75) is 33.4 Å². The number of hydrogen-bond acceptors (Lipinski definition) is 3. The number of nitrogens with two attached hydrogens (primary N) is 1. The summed E-state index contributed by atoms with van der Waals surface area (Å²) in [6.07, 6.45) is 5.35. The molecular weight excluding hydrogens is 216 g/mol. The lowest BCUT2D eigenvalue weighted by atomic mass is 9.95. The van der Waals surface area contributed by atoms with Crippen molar-refractivity contribution in [3.8, 4) is 0 Å². The first kappa shape index (κ1) is 13.7. The molecule has 0 aromatic carbocycles. The molecule has 0 bridgehead atoms. The molecule has 0 radical (unpaired) electrons. The Morgan fingerprint density at radius 2 is 2.18 bits per heavy atom. The molecule has 96 valence electrons. The van der Waals surface area contributed by atoms with Crippen LogP contribution >= 0.6 is 0 Å². The lowest BCUT2D eigenvalue weighted by Crippen LogP contribution is -2.43. The molecule has 0 spiro atoms. The van der Waals surface area contributed by atoms with Crippen molar-refractivity contribution in [1.29, 1.82) is 0 Å². The largest absolute Gasteiger partial charge is 0.352 e. The zero-order valence-corrected chi connectivity index (χ0v) is 10.8. The first-order valence-corrected chi connectivity index (χ1v) is 6.00. The van der Waals surface area contributed by atoms with E-state index in [1.54, 1.807) is 12.5 Å². The number of nitrogens with one attached hydrogen (secondary N) is 1. The van der Waals surface area contributed by atoms with Gasteiger partial charge in [0.25, 0.3) is 0 Å². The first-order valence-electron chi connectivity index (χ1n) is 6.00. The van der Waals surface area contributed by atoms with Gasteiger partial charge in [-0.1, -0.05) is 13.8 Å². The van der Waals surface area contributed by atoms with Gasteiger partial charge in [0.1, 0.15) is 0 Å². The molecule has 1 rings (SSSR count). The van der Waals surface area contributed by atoms with Crippen molar-refractivity contribution in [1.82, 2.24) is 14.9 Å². The van der Waals surface area contributed by atoms with Gasteiger partial charge >= 0.3 is 0 Å². The monoisotopic (exact) mass is 238 g/mol. The molecule has 2 unspecified atom stereocenters. The molecule has 5 heteroatoms. The fourth-order valence-corrected chi connectivity index (χ4v) is 1.79. The second-order valence-corrected chi connectivity index (χ2v) is 4.76. The Bertz CT molecular complexity index is 334. The molecule has 1 heterocycles. The van der Waals surface area contributed by atoms with Crippen molar-refractivity contribution < 1.29 is 4.79 Å². The van der Waals surface area contributed by atoms with Crippen molar-refractivity contribution in [3.05, 3.63) is 18.7 Å². The smallest absolute Gasteiger partial charge is 0.224 e. The molecular formula is C12H22N4O. The number of amides is 1. The van der Waals surface area contributed by atoms with Gasteiger partial charge in [-0.3, -0.25) is 4.79 Å². The summed E-state index contributed by atoms with van der Waals surface area (Å²) in [5.74, 6) is 0.191. The average molecular weight is 238 g/mol. The maximum atomic E-state index is 11.9. The number of rotatable bonds is 6. The second kappa shape index (κ2) is 6.39. The highest BCUT2D eigenvalue weighted by Gasteiger charge is 2.21. The summed E-state index contributed by atoms with van der Waals surface area (Å²) in [6.45, 7) is 7.11. The van der Waals surface area contributed by atoms with Crippen LogP contribution in [0.5, 0.6) is 0 Å². The zero-order valence-electron chi connectivity index (χ0n) is 10.8. The number of imidazole rings is 1. The number of aromatic nitrogens is 2. The van der Waals surface area contributed by atoms with Crippen molar-refractivity contribution in [2.75, 3.05) is 6.54 Å². The molecule has 2 atom stereocenters. The predicted octanol–water partition coefficient (Wildman–Crippen LogP) is 0.619. The highest BCUT2D eigenvalue weighted by atomic mass is 16.2. The maximum Gasteiger partial charge on any atom is 0.224 e. The molecule has 0 aliphatic carbocycles. The zero-order chi connectivity index (χ0) is 12.8. The van der Waals surface area contributed by atoms with E-state index in [0.717, 1.165) is 6.54 Å². The lowest BCUT2D eigenvalue weighted by molar-refractivity contribution is -0.126. The fourth-order valence-electron chi connectivity index (χ4n) is 1.79. The molecule has 1 aromatic rings. The minimum atomic E-state index is -0.111. The predicted molar refractivity (Wildman–Crippen MR) is 67.2 cm³/mol. The van der Waals surface area contributed by atoms with Gasteiger partial charge < -0.3 is 15.6 Å². The Labute approximate surface area is 102 Å². The summed E-state index contributed by atoms with van der Waals surface area (Å²) in [5.41, 5.74) is 5.61. The van der Waals surface area contributed by atoms with E-state index in [1.165, 1.54) is 0 Å². The van der Waals surface area contributed by atoms with Gasteiger partial charge in [0.05, 0.1) is 12.2 Å². The number of hydrogen-bond donors (Lipinski definition) is 2. The minimum Gasteiger partial charge on any atom is -0.352 e. The molecule has 0 saturated carbocycles. The van der Waals surface area contributed by atoms with Gasteiger partial charge in [0.15, 0.2) is 0 Å². The maximum absolute atomic E-state index is 11.9. The molecule has 1 amide bonds. The topological polar surface area (TPSA) is 72.9 Å². The first-order chi connectivity index (χ1) is 8.04. The van der Waals surface area contributed by atoms with Crippen LogP contribution in [-0.4, -0.2) is 28.0 Å². The highest BCUT2D eigenvalue weighted by molar-refractivity contribution is 5.79. The van der Waals surface area contributed by atoms with Crippen LogP contribution in [0.15, 0.2) is 18.7 Å². The number of carbonyl (C=O) groups is 1. The van der Waals surface area contributed by atoms with Gasteiger partial charge in [-0.25, -0.2) is 4.98 Å². The molecule has 0 saturated heterocycles. The number of carbonyl (C=O) groups excluding carboxylic acids is 1. The Hall–Kier alpha value is -1.36. The molecule has 0 fully saturated rings. The third-order valence-electron chi connectivity index (χ3n) is 2.83. The molecule has 1 aromatic heterocycles. The summed E-state index contributed by atoms with van der Waals surface area (Å²) in [6, 6.07) is 0.0736. The lowest BCUT2D eigenvalue weighted by Gasteiger charge is -2.21. The summed E-state index contributed by atoms with van der Waals surface area (Å²) in [4.78, 5) is 15.9. The van der Waals surface area contributed by atoms with E-state index < -0.39 is 0 Å². The van der Waals surface area contributed by atoms with Crippen LogP contribution in [0.1, 0.15) is 20.8 Å². The van der Waals surface area contributed by atoms with Crippen LogP contribution < -0.4 is 11.1 Å². The Kier molecular flexibility index (Phi) is 5.15. The third kappa shape index (κ3) is 4.19. The normalized spacial score (nSPS) is 14.6. The fraction of sp³-hybridized carbons (Fsp3) is 0.667. The quantitative estimate of drug-likeness (QED) is 0.763. The van der Waals surface area contributed by atoms with Crippen LogP contribution in [0.3, 0.4) is 0 Å². The van der Waals surface area contributed by atoms with E-state index in [2.05, 4.69) is 10.3 Å². The van der Waals surface area contributed by atoms with Gasteiger partial charge in [-0.05, 0) is 12.8 Å². The molecule has 3 N–H and O–H groups in total. The summed E-state index contributed by atoms with van der Waals surface area (Å²) in [5, 5.41) is 2.98. The van der Waals surface area contributed by atoms with E-state index in [9.17, 15) is 4.79 Å². The van der Waals surface area contributed by atoms with Crippen LogP contribution in [0.25, 0.3) is 0 Å².